The molecule has 4 N–H and O–H groups in total. The van der Waals surface area contributed by atoms with E-state index in [-0.39, 0.29) is 23.8 Å². The summed E-state index contributed by atoms with van der Waals surface area (Å²) in [7, 11) is 0. The van der Waals surface area contributed by atoms with Crippen LogP contribution in [0, 0.1) is 0 Å². The quantitative estimate of drug-likeness (QED) is 0.638. The van der Waals surface area contributed by atoms with Crippen LogP contribution in [0.5, 0.6) is 0 Å². The van der Waals surface area contributed by atoms with Crippen LogP contribution < -0.4 is 11.5 Å². The smallest absolute Gasteiger partial charge is 0.229 e. The van der Waals surface area contributed by atoms with E-state index in [4.69, 9.17) is 11.5 Å². The van der Waals surface area contributed by atoms with Crippen molar-refractivity contribution in [3.8, 4) is 0 Å². The number of rotatable bonds is 3. The van der Waals surface area contributed by atoms with Crippen molar-refractivity contribution >= 4 is 11.9 Å². The van der Waals surface area contributed by atoms with E-state index in [0.717, 1.165) is 31.5 Å². The van der Waals surface area contributed by atoms with Gasteiger partial charge in [-0.05, 0) is 25.3 Å². The van der Waals surface area contributed by atoms with Crippen LogP contribution in [0.2, 0.25) is 0 Å². The Bertz CT molecular complexity index is 474. The number of piperidine rings is 1. The maximum Gasteiger partial charge on any atom is 0.229 e. The van der Waals surface area contributed by atoms with E-state index < -0.39 is 0 Å². The zero-order chi connectivity index (χ0) is 14.5. The largest absolute Gasteiger partial charge is 0.370 e. The molecule has 2 rings (SSSR count). The third-order valence-corrected chi connectivity index (χ3v) is 3.78. The number of aliphatic imine (C=N–C) groups is 1. The molecule has 20 heavy (non-hydrogen) atoms. The van der Waals surface area contributed by atoms with Gasteiger partial charge in [0.05, 0.1) is 12.0 Å². The first-order valence-corrected chi connectivity index (χ1v) is 7.00. The van der Waals surface area contributed by atoms with Crippen LogP contribution in [0.15, 0.2) is 35.3 Å². The van der Waals surface area contributed by atoms with Crippen molar-refractivity contribution in [1.82, 2.24) is 4.90 Å². The standard InChI is InChI=1S/C15H22N4O/c1-11(12-5-3-2-4-6-12)14(20)19-9-7-13(8-10-19)18-15(16)17/h2-6,11,13H,7-10H2,1H3,(H4,16,17,18). The van der Waals surface area contributed by atoms with E-state index in [1.807, 2.05) is 42.2 Å². The van der Waals surface area contributed by atoms with E-state index in [1.54, 1.807) is 0 Å². The van der Waals surface area contributed by atoms with Crippen LogP contribution in [0.1, 0.15) is 31.2 Å². The number of benzene rings is 1. The predicted octanol–water partition coefficient (Wildman–Crippen LogP) is 1.05. The van der Waals surface area contributed by atoms with Gasteiger partial charge in [-0.3, -0.25) is 9.79 Å². The Morgan fingerprint density at radius 2 is 1.85 bits per heavy atom. The molecular formula is C15H22N4O. The Kier molecular flexibility index (Phi) is 4.61. The summed E-state index contributed by atoms with van der Waals surface area (Å²) < 4.78 is 0. The van der Waals surface area contributed by atoms with Gasteiger partial charge in [-0.2, -0.15) is 0 Å². The fraction of sp³-hybridized carbons (Fsp3) is 0.467. The molecule has 108 valence electrons. The van der Waals surface area contributed by atoms with Crippen LogP contribution in [-0.2, 0) is 4.79 Å². The van der Waals surface area contributed by atoms with Gasteiger partial charge in [-0.25, -0.2) is 0 Å². The molecule has 1 amide bonds. The van der Waals surface area contributed by atoms with Gasteiger partial charge in [0, 0.05) is 13.1 Å². The molecule has 0 spiro atoms. The molecule has 0 aromatic heterocycles. The Hall–Kier alpha value is -2.04. The summed E-state index contributed by atoms with van der Waals surface area (Å²) in [6.07, 6.45) is 1.65. The Morgan fingerprint density at radius 3 is 2.40 bits per heavy atom. The van der Waals surface area contributed by atoms with Crippen LogP contribution >= 0.6 is 0 Å². The summed E-state index contributed by atoms with van der Waals surface area (Å²) in [4.78, 5) is 18.5. The molecule has 1 saturated heterocycles. The maximum atomic E-state index is 12.5. The average Bonchev–Trinajstić information content (AvgIpc) is 2.47. The first-order valence-electron chi connectivity index (χ1n) is 7.00. The molecule has 0 radical (unpaired) electrons. The molecule has 1 unspecified atom stereocenters. The van der Waals surface area contributed by atoms with Gasteiger partial charge in [0.15, 0.2) is 5.96 Å². The van der Waals surface area contributed by atoms with E-state index in [1.165, 1.54) is 0 Å². The highest BCUT2D eigenvalue weighted by atomic mass is 16.2. The second-order valence-corrected chi connectivity index (χ2v) is 5.24. The highest BCUT2D eigenvalue weighted by Crippen LogP contribution is 2.21. The zero-order valence-electron chi connectivity index (χ0n) is 11.8. The number of carbonyl (C=O) groups is 1. The van der Waals surface area contributed by atoms with Crippen molar-refractivity contribution < 1.29 is 4.79 Å². The maximum absolute atomic E-state index is 12.5. The Labute approximate surface area is 119 Å². The van der Waals surface area contributed by atoms with Crippen molar-refractivity contribution in [3.05, 3.63) is 35.9 Å². The minimum atomic E-state index is -0.101. The average molecular weight is 274 g/mol. The van der Waals surface area contributed by atoms with Gasteiger partial charge in [-0.1, -0.05) is 30.3 Å². The van der Waals surface area contributed by atoms with Gasteiger partial charge in [-0.15, -0.1) is 0 Å². The van der Waals surface area contributed by atoms with Crippen LogP contribution in [0.4, 0.5) is 0 Å². The van der Waals surface area contributed by atoms with Gasteiger partial charge in [0.2, 0.25) is 5.91 Å². The number of likely N-dealkylation sites (tertiary alicyclic amines) is 1. The highest BCUT2D eigenvalue weighted by molar-refractivity contribution is 5.83. The molecule has 1 atom stereocenters. The lowest BCUT2D eigenvalue weighted by Crippen LogP contribution is -2.42. The fourth-order valence-electron chi connectivity index (χ4n) is 2.58. The SMILES string of the molecule is CC(C(=O)N1CCC(N=C(N)N)CC1)c1ccccc1. The van der Waals surface area contributed by atoms with E-state index in [2.05, 4.69) is 4.99 Å². The van der Waals surface area contributed by atoms with Gasteiger partial charge >= 0.3 is 0 Å². The van der Waals surface area contributed by atoms with Crippen molar-refractivity contribution in [2.24, 2.45) is 16.5 Å². The van der Waals surface area contributed by atoms with Crippen molar-refractivity contribution in [2.45, 2.75) is 31.7 Å². The van der Waals surface area contributed by atoms with E-state index in [0.29, 0.717) is 0 Å². The lowest BCUT2D eigenvalue weighted by Gasteiger charge is -2.32. The van der Waals surface area contributed by atoms with Crippen LogP contribution in [0.3, 0.4) is 0 Å². The fourth-order valence-corrected chi connectivity index (χ4v) is 2.58. The molecule has 1 fully saturated rings. The molecule has 1 aromatic carbocycles. The first kappa shape index (κ1) is 14.4. The molecule has 0 aliphatic carbocycles. The molecule has 1 aliphatic heterocycles. The predicted molar refractivity (Wildman–Crippen MR) is 80.3 cm³/mol. The second kappa shape index (κ2) is 6.41. The number of carbonyl (C=O) groups excluding carboxylic acids is 1. The van der Waals surface area contributed by atoms with Crippen molar-refractivity contribution in [2.75, 3.05) is 13.1 Å². The number of amides is 1. The lowest BCUT2D eigenvalue weighted by molar-refractivity contribution is -0.133. The number of hydrogen-bond donors (Lipinski definition) is 2. The number of nitrogens with two attached hydrogens (primary N) is 2. The second-order valence-electron chi connectivity index (χ2n) is 5.24. The third-order valence-electron chi connectivity index (χ3n) is 3.78. The number of guanidine groups is 1. The monoisotopic (exact) mass is 274 g/mol. The molecule has 5 nitrogen and oxygen atoms in total. The number of nitrogens with zero attached hydrogens (tertiary/aromatic N) is 2. The van der Waals surface area contributed by atoms with Crippen LogP contribution in [-0.4, -0.2) is 35.9 Å². The molecule has 5 heteroatoms. The normalized spacial score (nSPS) is 17.6. The Balaban J connectivity index is 1.93. The van der Waals surface area contributed by atoms with Crippen LogP contribution in [0.25, 0.3) is 0 Å². The van der Waals surface area contributed by atoms with Crippen molar-refractivity contribution in [3.63, 3.8) is 0 Å². The van der Waals surface area contributed by atoms with Gasteiger partial charge in [0.1, 0.15) is 0 Å². The highest BCUT2D eigenvalue weighted by Gasteiger charge is 2.26. The molecule has 1 aromatic rings. The van der Waals surface area contributed by atoms with Gasteiger partial charge in [0.25, 0.3) is 0 Å². The van der Waals surface area contributed by atoms with Gasteiger partial charge < -0.3 is 16.4 Å². The minimum Gasteiger partial charge on any atom is -0.370 e. The topological polar surface area (TPSA) is 84.7 Å². The summed E-state index contributed by atoms with van der Waals surface area (Å²) in [5.74, 6) is 0.211. The number of hydrogen-bond acceptors (Lipinski definition) is 2. The third kappa shape index (κ3) is 3.50. The molecule has 1 aliphatic rings. The minimum absolute atomic E-state index is 0.101. The van der Waals surface area contributed by atoms with E-state index >= 15 is 0 Å². The summed E-state index contributed by atoms with van der Waals surface area (Å²) >= 11 is 0. The van der Waals surface area contributed by atoms with Crippen molar-refractivity contribution in [1.29, 1.82) is 0 Å². The lowest BCUT2D eigenvalue weighted by atomic mass is 9.97. The molecule has 1 heterocycles. The molecule has 0 bridgehead atoms. The summed E-state index contributed by atoms with van der Waals surface area (Å²) in [5.41, 5.74) is 11.8. The first-order chi connectivity index (χ1) is 9.58. The summed E-state index contributed by atoms with van der Waals surface area (Å²) in [5, 5.41) is 0. The van der Waals surface area contributed by atoms with E-state index in [9.17, 15) is 4.79 Å². The summed E-state index contributed by atoms with van der Waals surface area (Å²) in [6, 6.07) is 10.0. The summed E-state index contributed by atoms with van der Waals surface area (Å²) in [6.45, 7) is 3.40. The molecule has 0 saturated carbocycles. The Morgan fingerprint density at radius 1 is 1.25 bits per heavy atom. The molecular weight excluding hydrogens is 252 g/mol. The zero-order valence-corrected chi connectivity index (χ0v) is 11.8.